The topological polar surface area (TPSA) is 38.0 Å². The van der Waals surface area contributed by atoms with E-state index < -0.39 is 0 Å². The van der Waals surface area contributed by atoms with Crippen molar-refractivity contribution < 1.29 is 0 Å². The summed E-state index contributed by atoms with van der Waals surface area (Å²) in [5.41, 5.74) is 6.63. The predicted octanol–water partition coefficient (Wildman–Crippen LogP) is 3.21. The van der Waals surface area contributed by atoms with Gasteiger partial charge in [-0.15, -0.1) is 0 Å². The number of hydrogen-bond donors (Lipinski definition) is 2. The summed E-state index contributed by atoms with van der Waals surface area (Å²) < 4.78 is 1.27. The van der Waals surface area contributed by atoms with Crippen molar-refractivity contribution in [3.63, 3.8) is 0 Å². The van der Waals surface area contributed by atoms with E-state index in [2.05, 4.69) is 70.0 Å². The Hall–Kier alpha value is -0.430. The summed E-state index contributed by atoms with van der Waals surface area (Å²) in [7, 11) is 0. The summed E-state index contributed by atoms with van der Waals surface area (Å²) in [5.74, 6) is 5.67. The Labute approximate surface area is 113 Å². The maximum Gasteiger partial charge on any atom is 0.0728 e. The van der Waals surface area contributed by atoms with Crippen LogP contribution in [-0.4, -0.2) is 0 Å². The molecule has 0 amide bonds. The maximum absolute atomic E-state index is 5.67. The summed E-state index contributed by atoms with van der Waals surface area (Å²) in [6, 6.07) is 8.50. The first-order valence-corrected chi connectivity index (χ1v) is 6.99. The minimum atomic E-state index is 0.0815. The minimum Gasteiger partial charge on any atom is -0.271 e. The van der Waals surface area contributed by atoms with E-state index in [0.29, 0.717) is 0 Å². The van der Waals surface area contributed by atoms with Gasteiger partial charge in [0.25, 0.3) is 0 Å². The lowest BCUT2D eigenvalue weighted by Crippen LogP contribution is -2.29. The highest BCUT2D eigenvalue weighted by Crippen LogP contribution is 2.28. The largest absolute Gasteiger partial charge is 0.271 e. The molecule has 84 valence electrons. The van der Waals surface area contributed by atoms with E-state index in [1.807, 2.05) is 0 Å². The van der Waals surface area contributed by atoms with Crippen LogP contribution in [0.25, 0.3) is 0 Å². The second-order valence-electron chi connectivity index (χ2n) is 3.63. The Bertz CT molecular complexity index is 468. The molecule has 0 fully saturated rings. The van der Waals surface area contributed by atoms with Gasteiger partial charge in [-0.25, -0.2) is 5.43 Å². The van der Waals surface area contributed by atoms with Gasteiger partial charge < -0.3 is 0 Å². The van der Waals surface area contributed by atoms with Gasteiger partial charge in [0, 0.05) is 3.57 Å². The smallest absolute Gasteiger partial charge is 0.0728 e. The lowest BCUT2D eigenvalue weighted by molar-refractivity contribution is 0.635. The van der Waals surface area contributed by atoms with Gasteiger partial charge in [-0.05, 0) is 63.0 Å². The summed E-state index contributed by atoms with van der Waals surface area (Å²) in [5, 5.41) is 4.20. The van der Waals surface area contributed by atoms with E-state index in [0.717, 1.165) is 0 Å². The second kappa shape index (κ2) is 5.27. The van der Waals surface area contributed by atoms with Crippen LogP contribution in [0.4, 0.5) is 0 Å². The summed E-state index contributed by atoms with van der Waals surface area (Å²) in [6.45, 7) is 2.12. The van der Waals surface area contributed by atoms with E-state index >= 15 is 0 Å². The molecule has 2 nitrogen and oxygen atoms in total. The fourth-order valence-corrected chi connectivity index (χ4v) is 3.05. The van der Waals surface area contributed by atoms with Crippen LogP contribution in [0.1, 0.15) is 22.7 Å². The van der Waals surface area contributed by atoms with Crippen molar-refractivity contribution >= 4 is 33.9 Å². The van der Waals surface area contributed by atoms with E-state index in [9.17, 15) is 0 Å². The molecule has 3 N–H and O–H groups in total. The van der Waals surface area contributed by atoms with Gasteiger partial charge in [0.2, 0.25) is 0 Å². The number of nitrogens with two attached hydrogens (primary N) is 1. The average molecular weight is 344 g/mol. The van der Waals surface area contributed by atoms with Crippen LogP contribution in [-0.2, 0) is 0 Å². The van der Waals surface area contributed by atoms with Crippen LogP contribution < -0.4 is 11.3 Å². The van der Waals surface area contributed by atoms with E-state index in [-0.39, 0.29) is 6.04 Å². The van der Waals surface area contributed by atoms with Crippen molar-refractivity contribution in [1.29, 1.82) is 0 Å². The first-order valence-electron chi connectivity index (χ1n) is 4.97. The van der Waals surface area contributed by atoms with Crippen molar-refractivity contribution in [2.75, 3.05) is 0 Å². The fraction of sp³-hybridized carbons (Fsp3) is 0.167. The molecule has 0 saturated heterocycles. The quantitative estimate of drug-likeness (QED) is 0.510. The van der Waals surface area contributed by atoms with Crippen molar-refractivity contribution in [1.82, 2.24) is 5.43 Å². The fourth-order valence-electron chi connectivity index (χ4n) is 1.70. The Morgan fingerprint density at radius 1 is 1.38 bits per heavy atom. The van der Waals surface area contributed by atoms with E-state index in [1.165, 1.54) is 20.3 Å². The van der Waals surface area contributed by atoms with E-state index in [4.69, 9.17) is 5.84 Å². The zero-order valence-corrected chi connectivity index (χ0v) is 11.9. The van der Waals surface area contributed by atoms with Crippen molar-refractivity contribution in [3.05, 3.63) is 55.3 Å². The van der Waals surface area contributed by atoms with E-state index in [1.54, 1.807) is 11.3 Å². The van der Waals surface area contributed by atoms with Crippen LogP contribution >= 0.6 is 33.9 Å². The van der Waals surface area contributed by atoms with Gasteiger partial charge in [-0.3, -0.25) is 5.84 Å². The molecule has 1 aromatic carbocycles. The summed E-state index contributed by atoms with van der Waals surface area (Å²) in [4.78, 5) is 0. The molecule has 0 spiro atoms. The lowest BCUT2D eigenvalue weighted by Gasteiger charge is -2.17. The Morgan fingerprint density at radius 2 is 2.19 bits per heavy atom. The average Bonchev–Trinajstić information content (AvgIpc) is 2.79. The molecular weight excluding hydrogens is 331 g/mol. The second-order valence-corrected chi connectivity index (χ2v) is 5.49. The highest BCUT2D eigenvalue weighted by molar-refractivity contribution is 14.1. The zero-order valence-electron chi connectivity index (χ0n) is 8.91. The number of nitrogens with one attached hydrogen (secondary N) is 1. The standard InChI is InChI=1S/C12H13IN2S/c1-8-3-2-4-10(11(8)13)12(15-14)9-5-6-16-7-9/h2-7,12,15H,14H2,1H3. The first-order chi connectivity index (χ1) is 7.74. The molecule has 0 bridgehead atoms. The molecule has 0 aliphatic heterocycles. The highest BCUT2D eigenvalue weighted by Gasteiger charge is 2.16. The molecule has 4 heteroatoms. The van der Waals surface area contributed by atoms with Gasteiger partial charge >= 0.3 is 0 Å². The van der Waals surface area contributed by atoms with Gasteiger partial charge in [0.05, 0.1) is 6.04 Å². The monoisotopic (exact) mass is 344 g/mol. The number of hydrazine groups is 1. The molecule has 1 heterocycles. The van der Waals surface area contributed by atoms with Crippen LogP contribution in [0.3, 0.4) is 0 Å². The zero-order chi connectivity index (χ0) is 11.5. The molecule has 0 saturated carbocycles. The third-order valence-electron chi connectivity index (χ3n) is 2.58. The molecule has 2 rings (SSSR count). The Balaban J connectivity index is 2.45. The summed E-state index contributed by atoms with van der Waals surface area (Å²) in [6.07, 6.45) is 0. The number of aryl methyl sites for hydroxylation is 1. The first kappa shape index (κ1) is 12.0. The maximum atomic E-state index is 5.67. The number of benzene rings is 1. The van der Waals surface area contributed by atoms with Gasteiger partial charge in [-0.1, -0.05) is 18.2 Å². The summed E-state index contributed by atoms with van der Waals surface area (Å²) >= 11 is 4.07. The van der Waals surface area contributed by atoms with Gasteiger partial charge in [0.15, 0.2) is 0 Å². The number of thiophene rings is 1. The number of rotatable bonds is 3. The molecule has 1 unspecified atom stereocenters. The molecule has 16 heavy (non-hydrogen) atoms. The van der Waals surface area contributed by atoms with Crippen LogP contribution in [0.5, 0.6) is 0 Å². The molecule has 0 aliphatic rings. The molecule has 0 aliphatic carbocycles. The SMILES string of the molecule is Cc1cccc(C(NN)c2ccsc2)c1I. The van der Waals surface area contributed by atoms with Crippen LogP contribution in [0.2, 0.25) is 0 Å². The van der Waals surface area contributed by atoms with Gasteiger partial charge in [0.1, 0.15) is 0 Å². The minimum absolute atomic E-state index is 0.0815. The van der Waals surface area contributed by atoms with Crippen molar-refractivity contribution in [2.24, 2.45) is 5.84 Å². The predicted molar refractivity (Wildman–Crippen MR) is 77.4 cm³/mol. The molecule has 2 aromatic rings. The molecular formula is C12H13IN2S. The van der Waals surface area contributed by atoms with Gasteiger partial charge in [-0.2, -0.15) is 11.3 Å². The number of hydrogen-bond acceptors (Lipinski definition) is 3. The van der Waals surface area contributed by atoms with Crippen molar-refractivity contribution in [2.45, 2.75) is 13.0 Å². The Kier molecular flexibility index (Phi) is 3.96. The lowest BCUT2D eigenvalue weighted by atomic mass is 10.0. The number of halogens is 1. The third kappa shape index (κ3) is 2.29. The third-order valence-corrected chi connectivity index (χ3v) is 4.75. The normalized spacial score (nSPS) is 12.7. The van der Waals surface area contributed by atoms with Crippen LogP contribution in [0.15, 0.2) is 35.0 Å². The molecule has 1 aromatic heterocycles. The van der Waals surface area contributed by atoms with Crippen LogP contribution in [0, 0.1) is 10.5 Å². The molecule has 1 atom stereocenters. The highest BCUT2D eigenvalue weighted by atomic mass is 127. The Morgan fingerprint density at radius 3 is 2.81 bits per heavy atom. The molecule has 0 radical (unpaired) electrons. The van der Waals surface area contributed by atoms with Crippen molar-refractivity contribution in [3.8, 4) is 0 Å².